The predicted octanol–water partition coefficient (Wildman–Crippen LogP) is 6.38. The lowest BCUT2D eigenvalue weighted by molar-refractivity contribution is -0.187. The van der Waals surface area contributed by atoms with Crippen LogP contribution in [0.3, 0.4) is 0 Å². The summed E-state index contributed by atoms with van der Waals surface area (Å²) in [4.78, 5) is 42.6. The Morgan fingerprint density at radius 2 is 1.63 bits per heavy atom. The standard InChI is InChI=1S/C33H33Cl2FN2O5/c1-2-4-27(33(41)43-32(40)26-5-3-18-37-26)38-29(21-8-12-23(34)13-9-21)30(22-10-14-24(35)15-11-22)42-28(31(38)39)19-20-6-16-25(36)17-7-20/h6-17,26-30,37H,2-5,18-19H2,1H3/t26-,27+,28-,29+,30-/m1/s1. The molecule has 0 aromatic heterocycles. The van der Waals surface area contributed by atoms with E-state index in [1.54, 1.807) is 48.5 Å². The second-order valence-corrected chi connectivity index (χ2v) is 11.7. The molecular weight excluding hydrogens is 594 g/mol. The summed E-state index contributed by atoms with van der Waals surface area (Å²) < 4.78 is 25.7. The molecule has 7 nitrogen and oxygen atoms in total. The fraction of sp³-hybridized carbons (Fsp3) is 0.364. The van der Waals surface area contributed by atoms with Gasteiger partial charge in [0.25, 0.3) is 5.91 Å². The molecule has 3 aromatic rings. The Morgan fingerprint density at radius 3 is 2.21 bits per heavy atom. The number of ether oxygens (including phenoxy) is 2. The van der Waals surface area contributed by atoms with Gasteiger partial charge in [-0.2, -0.15) is 0 Å². The van der Waals surface area contributed by atoms with Crippen molar-refractivity contribution >= 4 is 41.0 Å². The number of amides is 1. The minimum absolute atomic E-state index is 0.145. The largest absolute Gasteiger partial charge is 0.390 e. The van der Waals surface area contributed by atoms with Gasteiger partial charge in [-0.15, -0.1) is 0 Å². The molecule has 5 atom stereocenters. The number of benzene rings is 3. The molecule has 2 aliphatic rings. The van der Waals surface area contributed by atoms with Gasteiger partial charge in [0.05, 0.1) is 6.04 Å². The Morgan fingerprint density at radius 1 is 1.00 bits per heavy atom. The molecule has 43 heavy (non-hydrogen) atoms. The molecule has 10 heteroatoms. The van der Waals surface area contributed by atoms with E-state index in [-0.39, 0.29) is 12.8 Å². The normalized spacial score (nSPS) is 22.8. The highest BCUT2D eigenvalue weighted by molar-refractivity contribution is 6.30. The van der Waals surface area contributed by atoms with Crippen LogP contribution in [0.2, 0.25) is 10.0 Å². The van der Waals surface area contributed by atoms with Crippen LogP contribution in [0, 0.1) is 5.82 Å². The molecule has 0 spiro atoms. The zero-order chi connectivity index (χ0) is 30.5. The molecule has 1 N–H and O–H groups in total. The zero-order valence-corrected chi connectivity index (χ0v) is 25.2. The predicted molar refractivity (Wildman–Crippen MR) is 161 cm³/mol. The van der Waals surface area contributed by atoms with E-state index in [4.69, 9.17) is 32.7 Å². The van der Waals surface area contributed by atoms with Crippen molar-refractivity contribution < 1.29 is 28.2 Å². The molecule has 0 radical (unpaired) electrons. The van der Waals surface area contributed by atoms with Crippen molar-refractivity contribution in [3.63, 3.8) is 0 Å². The minimum atomic E-state index is -1.07. The van der Waals surface area contributed by atoms with Crippen LogP contribution in [0.4, 0.5) is 4.39 Å². The van der Waals surface area contributed by atoms with Crippen LogP contribution in [0.1, 0.15) is 61.4 Å². The smallest absolute Gasteiger partial charge is 0.336 e. The Hall–Kier alpha value is -3.30. The highest BCUT2D eigenvalue weighted by Gasteiger charge is 2.49. The van der Waals surface area contributed by atoms with Crippen LogP contribution in [0.25, 0.3) is 0 Å². The first-order valence-electron chi connectivity index (χ1n) is 14.5. The third-order valence-electron chi connectivity index (χ3n) is 7.89. The maximum atomic E-state index is 14.4. The van der Waals surface area contributed by atoms with Gasteiger partial charge < -0.3 is 19.7 Å². The van der Waals surface area contributed by atoms with Crippen LogP contribution in [-0.4, -0.2) is 47.5 Å². The number of esters is 2. The van der Waals surface area contributed by atoms with Gasteiger partial charge in [0.2, 0.25) is 0 Å². The Labute approximate surface area is 260 Å². The summed E-state index contributed by atoms with van der Waals surface area (Å²) in [6.07, 6.45) is 0.604. The molecule has 0 aliphatic carbocycles. The number of nitrogens with zero attached hydrogens (tertiary/aromatic N) is 1. The molecule has 226 valence electrons. The van der Waals surface area contributed by atoms with Gasteiger partial charge in [0, 0.05) is 16.5 Å². The summed E-state index contributed by atoms with van der Waals surface area (Å²) in [5, 5.41) is 4.10. The number of carbonyl (C=O) groups excluding carboxylic acids is 3. The number of nitrogens with one attached hydrogen (secondary N) is 1. The van der Waals surface area contributed by atoms with Crippen LogP contribution in [0.15, 0.2) is 72.8 Å². The van der Waals surface area contributed by atoms with Crippen molar-refractivity contribution in [2.45, 2.75) is 69.4 Å². The average Bonchev–Trinajstić information content (AvgIpc) is 3.55. The SMILES string of the molecule is CCC[C@@H](C(=O)OC(=O)[C@H]1CCCN1)N1C(=O)[C@@H](Cc2ccc(F)cc2)O[C@H](c2ccc(Cl)cc2)[C@@H]1c1ccc(Cl)cc1. The molecule has 3 aromatic carbocycles. The Bertz CT molecular complexity index is 1430. The number of rotatable bonds is 9. The second-order valence-electron chi connectivity index (χ2n) is 10.9. The van der Waals surface area contributed by atoms with Crippen LogP contribution >= 0.6 is 23.2 Å². The van der Waals surface area contributed by atoms with Crippen molar-refractivity contribution in [3.8, 4) is 0 Å². The lowest BCUT2D eigenvalue weighted by atomic mass is 9.88. The highest BCUT2D eigenvalue weighted by Crippen LogP contribution is 2.44. The summed E-state index contributed by atoms with van der Waals surface area (Å²) in [5.74, 6) is -2.26. The van der Waals surface area contributed by atoms with Gasteiger partial charge in [-0.3, -0.25) is 4.79 Å². The first-order chi connectivity index (χ1) is 20.7. The van der Waals surface area contributed by atoms with Crippen molar-refractivity contribution in [1.82, 2.24) is 10.2 Å². The third kappa shape index (κ3) is 7.27. The van der Waals surface area contributed by atoms with E-state index >= 15 is 0 Å². The molecule has 0 unspecified atom stereocenters. The lowest BCUT2D eigenvalue weighted by Crippen LogP contribution is -2.58. The molecule has 2 saturated heterocycles. The summed E-state index contributed by atoms with van der Waals surface area (Å²) >= 11 is 12.4. The maximum absolute atomic E-state index is 14.4. The van der Waals surface area contributed by atoms with E-state index in [1.807, 2.05) is 19.1 Å². The van der Waals surface area contributed by atoms with Crippen molar-refractivity contribution in [1.29, 1.82) is 0 Å². The maximum Gasteiger partial charge on any atom is 0.336 e. The molecule has 0 saturated carbocycles. The fourth-order valence-corrected chi connectivity index (χ4v) is 6.00. The molecule has 2 aliphatic heterocycles. The van der Waals surface area contributed by atoms with Gasteiger partial charge in [0.1, 0.15) is 30.1 Å². The molecule has 2 fully saturated rings. The fourth-order valence-electron chi connectivity index (χ4n) is 5.75. The third-order valence-corrected chi connectivity index (χ3v) is 8.39. The Kier molecular flexibility index (Phi) is 10.1. The van der Waals surface area contributed by atoms with E-state index in [1.165, 1.54) is 17.0 Å². The first-order valence-corrected chi connectivity index (χ1v) is 15.2. The van der Waals surface area contributed by atoms with Gasteiger partial charge in [-0.1, -0.05) is 72.9 Å². The van der Waals surface area contributed by atoms with Crippen LogP contribution < -0.4 is 5.32 Å². The van der Waals surface area contributed by atoms with E-state index in [9.17, 15) is 18.8 Å². The van der Waals surface area contributed by atoms with Crippen molar-refractivity contribution in [2.75, 3.05) is 6.54 Å². The topological polar surface area (TPSA) is 84.9 Å². The van der Waals surface area contributed by atoms with Crippen molar-refractivity contribution in [2.24, 2.45) is 0 Å². The number of carbonyl (C=O) groups is 3. The monoisotopic (exact) mass is 626 g/mol. The van der Waals surface area contributed by atoms with Gasteiger partial charge in [-0.25, -0.2) is 14.0 Å². The quantitative estimate of drug-likeness (QED) is 0.219. The second kappa shape index (κ2) is 14.0. The number of hydrogen-bond acceptors (Lipinski definition) is 6. The highest BCUT2D eigenvalue weighted by atomic mass is 35.5. The van der Waals surface area contributed by atoms with Gasteiger partial charge in [-0.05, 0) is 78.9 Å². The summed E-state index contributed by atoms with van der Waals surface area (Å²) in [6.45, 7) is 2.57. The van der Waals surface area contributed by atoms with Crippen molar-refractivity contribution in [3.05, 3.63) is 105 Å². The van der Waals surface area contributed by atoms with Crippen LogP contribution in [-0.2, 0) is 30.3 Å². The average molecular weight is 628 g/mol. The Balaban J connectivity index is 1.59. The molecule has 5 rings (SSSR count). The number of halogens is 3. The van der Waals surface area contributed by atoms with Gasteiger partial charge >= 0.3 is 11.9 Å². The summed E-state index contributed by atoms with van der Waals surface area (Å²) in [6, 6.07) is 17.6. The number of hydrogen-bond donors (Lipinski definition) is 1. The minimum Gasteiger partial charge on any atom is -0.390 e. The molecular formula is C33H33Cl2FN2O5. The van der Waals surface area contributed by atoms with E-state index in [0.717, 1.165) is 12.0 Å². The number of morpholine rings is 1. The van der Waals surface area contributed by atoms with E-state index in [2.05, 4.69) is 5.32 Å². The van der Waals surface area contributed by atoms with E-state index < -0.39 is 54.0 Å². The van der Waals surface area contributed by atoms with Crippen LogP contribution in [0.5, 0.6) is 0 Å². The molecule has 1 amide bonds. The molecule has 2 heterocycles. The lowest BCUT2D eigenvalue weighted by Gasteiger charge is -2.47. The summed E-state index contributed by atoms with van der Waals surface area (Å²) in [7, 11) is 0. The van der Waals surface area contributed by atoms with E-state index in [0.29, 0.717) is 40.6 Å². The zero-order valence-electron chi connectivity index (χ0n) is 23.7. The summed E-state index contributed by atoms with van der Waals surface area (Å²) in [5.41, 5.74) is 2.12. The van der Waals surface area contributed by atoms with Gasteiger partial charge in [0.15, 0.2) is 0 Å². The first kappa shape index (κ1) is 31.1. The molecule has 0 bridgehead atoms.